The zero-order valence-electron chi connectivity index (χ0n) is 19.7. The maximum absolute atomic E-state index is 14.2. The minimum atomic E-state index is -2.92. The van der Waals surface area contributed by atoms with Gasteiger partial charge in [-0.2, -0.15) is 0 Å². The number of aliphatic hydroxyl groups is 1. The number of benzene rings is 1. The van der Waals surface area contributed by atoms with E-state index < -0.39 is 30.3 Å². The van der Waals surface area contributed by atoms with Crippen LogP contribution in [0.1, 0.15) is 26.2 Å². The van der Waals surface area contributed by atoms with Gasteiger partial charge in [0.25, 0.3) is 5.92 Å². The Bertz CT molecular complexity index is 974. The third-order valence-corrected chi connectivity index (χ3v) is 7.07. The summed E-state index contributed by atoms with van der Waals surface area (Å²) < 4.78 is 30.1. The smallest absolute Gasteiger partial charge is 0.251 e. The number of likely N-dealkylation sites (tertiary alicyclic amines) is 1. The van der Waals surface area contributed by atoms with E-state index in [-0.39, 0.29) is 24.9 Å². The van der Waals surface area contributed by atoms with Crippen LogP contribution in [0.25, 0.3) is 0 Å². The molecule has 35 heavy (non-hydrogen) atoms. The van der Waals surface area contributed by atoms with E-state index in [1.807, 2.05) is 43.3 Å². The van der Waals surface area contributed by atoms with E-state index in [9.17, 15) is 18.4 Å². The monoisotopic (exact) mass is 509 g/mol. The lowest BCUT2D eigenvalue weighted by Gasteiger charge is -2.37. The summed E-state index contributed by atoms with van der Waals surface area (Å²) in [5.74, 6) is -3.69. The molecule has 1 aromatic rings. The van der Waals surface area contributed by atoms with E-state index in [1.54, 1.807) is 21.5 Å². The number of piperidine rings is 1. The number of rotatable bonds is 6. The first-order valence-electron chi connectivity index (χ1n) is 11.4. The van der Waals surface area contributed by atoms with Crippen LogP contribution in [-0.2, 0) is 14.4 Å². The number of nitrogens with one attached hydrogen (secondary N) is 2. The maximum atomic E-state index is 14.2. The molecular weight excluding hydrogens is 478 g/mol. The summed E-state index contributed by atoms with van der Waals surface area (Å²) in [6.07, 6.45) is 6.29. The van der Waals surface area contributed by atoms with Crippen LogP contribution >= 0.6 is 11.9 Å². The van der Waals surface area contributed by atoms with Gasteiger partial charge in [0, 0.05) is 55.6 Å². The lowest BCUT2D eigenvalue weighted by molar-refractivity contribution is -0.728. The van der Waals surface area contributed by atoms with Crippen LogP contribution in [0.2, 0.25) is 0 Å². The van der Waals surface area contributed by atoms with Gasteiger partial charge >= 0.3 is 0 Å². The van der Waals surface area contributed by atoms with Gasteiger partial charge in [0.05, 0.1) is 0 Å². The Morgan fingerprint density at radius 1 is 1.31 bits per heavy atom. The molecule has 3 aliphatic heterocycles. The van der Waals surface area contributed by atoms with Crippen molar-refractivity contribution >= 4 is 30.0 Å². The Morgan fingerprint density at radius 3 is 2.80 bits per heavy atom. The van der Waals surface area contributed by atoms with Crippen LogP contribution in [0.15, 0.2) is 59.2 Å². The first kappa shape index (κ1) is 26.8. The lowest BCUT2D eigenvalue weighted by Crippen LogP contribution is -2.65. The summed E-state index contributed by atoms with van der Waals surface area (Å²) in [6.45, 7) is 2.32. The molecule has 3 N–H and O–H groups in total. The largest absolute Gasteiger partial charge is 0.400 e. The molecule has 2 fully saturated rings. The summed E-state index contributed by atoms with van der Waals surface area (Å²) in [5, 5.41) is 12.4. The van der Waals surface area contributed by atoms with Gasteiger partial charge in [-0.25, -0.2) is 17.9 Å². The van der Waals surface area contributed by atoms with Crippen LogP contribution in [0.5, 0.6) is 0 Å². The van der Waals surface area contributed by atoms with Crippen molar-refractivity contribution in [2.75, 3.05) is 20.2 Å². The second-order valence-corrected chi connectivity index (χ2v) is 9.56. The standard InChI is InChI=1S/C23H26F2N4O3S.CH4O/c1-16-12-19(22(31)28(16)14-17-6-5-10-26-32-15-17)27-21(30)20-13-23(24,25)9-11-29(20)33-18-7-3-2-4-8-18;1-2/h2-8,10,15-16,19-20H,9,11-14H2,1H3,(H,27,30);2H,1H3/p+1. The molecule has 4 rings (SSSR count). The van der Waals surface area contributed by atoms with Gasteiger partial charge in [-0.15, -0.1) is 0 Å². The van der Waals surface area contributed by atoms with E-state index in [0.717, 1.165) is 17.6 Å². The van der Waals surface area contributed by atoms with E-state index in [4.69, 9.17) is 9.94 Å². The highest BCUT2D eigenvalue weighted by Crippen LogP contribution is 2.37. The molecule has 0 radical (unpaired) electrons. The Morgan fingerprint density at radius 2 is 2.06 bits per heavy atom. The lowest BCUT2D eigenvalue weighted by atomic mass is 10.00. The highest BCUT2D eigenvalue weighted by atomic mass is 32.2. The van der Waals surface area contributed by atoms with Gasteiger partial charge in [0.1, 0.15) is 12.1 Å². The highest BCUT2D eigenvalue weighted by Gasteiger charge is 2.46. The molecule has 3 heterocycles. The van der Waals surface area contributed by atoms with Crippen LogP contribution in [-0.4, -0.2) is 76.6 Å². The number of allylic oxidation sites excluding steroid dienone is 1. The number of carbonyl (C=O) groups excluding carboxylic acids is 2. The number of hydrogen-bond donors (Lipinski definition) is 3. The Balaban J connectivity index is 0.00000167. The molecule has 2 amide bonds. The molecular formula is C24H31F2N4O4S+. The molecule has 0 spiro atoms. The predicted molar refractivity (Wildman–Crippen MR) is 128 cm³/mol. The molecule has 3 unspecified atom stereocenters. The Labute approximate surface area is 207 Å². The van der Waals surface area contributed by atoms with Gasteiger partial charge in [0.2, 0.25) is 18.0 Å². The summed E-state index contributed by atoms with van der Waals surface area (Å²) >= 11 is 1.29. The molecule has 0 aromatic heterocycles. The van der Waals surface area contributed by atoms with Crippen molar-refractivity contribution in [2.24, 2.45) is 0 Å². The topological polar surface area (TPSA) is 96.1 Å². The van der Waals surface area contributed by atoms with Crippen LogP contribution < -0.4 is 10.5 Å². The average Bonchev–Trinajstić information content (AvgIpc) is 3.02. The number of halogens is 2. The van der Waals surface area contributed by atoms with Gasteiger partial charge in [-0.3, -0.25) is 9.59 Å². The van der Waals surface area contributed by atoms with Crippen molar-refractivity contribution in [3.05, 3.63) is 54.3 Å². The maximum Gasteiger partial charge on any atom is 0.251 e. The molecule has 190 valence electrons. The fraction of sp³-hybridized carbons (Fsp3) is 0.458. The number of nitrogens with zero attached hydrogens (tertiary/aromatic N) is 2. The van der Waals surface area contributed by atoms with E-state index in [2.05, 4.69) is 10.5 Å². The normalized spacial score (nSPS) is 25.7. The average molecular weight is 510 g/mol. The molecule has 2 saturated heterocycles. The van der Waals surface area contributed by atoms with Crippen molar-refractivity contribution in [3.8, 4) is 0 Å². The number of carbonyl (C=O) groups is 2. The molecule has 1 aromatic carbocycles. The fourth-order valence-electron chi connectivity index (χ4n) is 4.16. The van der Waals surface area contributed by atoms with Crippen molar-refractivity contribution in [2.45, 2.75) is 55.1 Å². The van der Waals surface area contributed by atoms with Crippen molar-refractivity contribution < 1.29 is 33.5 Å². The van der Waals surface area contributed by atoms with Gasteiger partial charge in [-0.05, 0) is 48.7 Å². The van der Waals surface area contributed by atoms with E-state index >= 15 is 0 Å². The van der Waals surface area contributed by atoms with E-state index in [0.29, 0.717) is 13.0 Å². The van der Waals surface area contributed by atoms with Crippen molar-refractivity contribution in [1.29, 1.82) is 0 Å². The van der Waals surface area contributed by atoms with E-state index in [1.165, 1.54) is 18.2 Å². The first-order valence-corrected chi connectivity index (χ1v) is 12.1. The molecule has 3 aliphatic rings. The van der Waals surface area contributed by atoms with Crippen molar-refractivity contribution in [1.82, 2.24) is 14.5 Å². The summed E-state index contributed by atoms with van der Waals surface area (Å²) in [5.41, 5.74) is 0.792. The number of alkyl halides is 2. The molecule has 3 atom stereocenters. The Hall–Kier alpha value is -2.76. The zero-order valence-corrected chi connectivity index (χ0v) is 20.5. The van der Waals surface area contributed by atoms with Crippen LogP contribution in [0.3, 0.4) is 0 Å². The predicted octanol–water partition coefficient (Wildman–Crippen LogP) is 1.04. The second-order valence-electron chi connectivity index (χ2n) is 8.44. The highest BCUT2D eigenvalue weighted by molar-refractivity contribution is 7.97. The van der Waals surface area contributed by atoms with Gasteiger partial charge in [-0.1, -0.05) is 18.2 Å². The number of amides is 2. The SMILES string of the molecule is CC1CC(NC(=O)C2CC(F)(F)CCN2Sc2ccccc2)C(=O)N1CC1=CO[NH+]=CC=C1.CO. The molecule has 0 saturated carbocycles. The molecule has 8 nitrogen and oxygen atoms in total. The minimum absolute atomic E-state index is 0.0807. The quantitative estimate of drug-likeness (QED) is 0.496. The molecule has 0 aliphatic carbocycles. The third-order valence-electron chi connectivity index (χ3n) is 5.92. The number of hydrogen-bond acceptors (Lipinski definition) is 6. The zero-order chi connectivity index (χ0) is 25.4. The number of aliphatic hydroxyl groups excluding tert-OH is 1. The minimum Gasteiger partial charge on any atom is -0.400 e. The third kappa shape index (κ3) is 7.12. The molecule has 0 bridgehead atoms. The van der Waals surface area contributed by atoms with Gasteiger partial charge in [0.15, 0.2) is 6.26 Å². The van der Waals surface area contributed by atoms with Crippen LogP contribution in [0.4, 0.5) is 8.78 Å². The Kier molecular flexibility index (Phi) is 9.41. The van der Waals surface area contributed by atoms with Crippen LogP contribution in [0, 0.1) is 0 Å². The summed E-state index contributed by atoms with van der Waals surface area (Å²) in [7, 11) is 1.00. The summed E-state index contributed by atoms with van der Waals surface area (Å²) in [6, 6.07) is 7.47. The van der Waals surface area contributed by atoms with Gasteiger partial charge < -0.3 is 15.3 Å². The molecule has 11 heteroatoms. The summed E-state index contributed by atoms with van der Waals surface area (Å²) in [4.78, 5) is 33.8. The first-order chi connectivity index (χ1) is 16.8. The second kappa shape index (κ2) is 12.3. The fourth-order valence-corrected chi connectivity index (χ4v) is 5.19. The van der Waals surface area contributed by atoms with Crippen molar-refractivity contribution in [3.63, 3.8) is 0 Å².